The fraction of sp³-hybridized carbons (Fsp3) is 0.889. The van der Waals surface area contributed by atoms with E-state index in [0.717, 1.165) is 57.8 Å². The quantitative estimate of drug-likeness (QED) is 0.0231. The van der Waals surface area contributed by atoms with Gasteiger partial charge in [-0.2, -0.15) is 0 Å². The van der Waals surface area contributed by atoms with E-state index in [1.165, 1.54) is 51.4 Å². The lowest BCUT2D eigenvalue weighted by Gasteiger charge is -2.41. The van der Waals surface area contributed by atoms with Crippen molar-refractivity contribution in [3.05, 3.63) is 12.2 Å². The number of carbonyl (C=O) groups is 2. The Morgan fingerprint density at radius 1 is 0.600 bits per heavy atom. The van der Waals surface area contributed by atoms with Gasteiger partial charge >= 0.3 is 19.8 Å². The van der Waals surface area contributed by atoms with Gasteiger partial charge in [0.25, 0.3) is 0 Å². The molecule has 50 heavy (non-hydrogen) atoms. The second-order valence-electron chi connectivity index (χ2n) is 13.4. The summed E-state index contributed by atoms with van der Waals surface area (Å²) >= 11 is 0. The largest absolute Gasteiger partial charge is 0.472 e. The number of allylic oxidation sites excluding steroid dienone is 2. The summed E-state index contributed by atoms with van der Waals surface area (Å²) in [6, 6.07) is 0. The molecule has 0 bridgehead atoms. The molecule has 14 heteroatoms. The Hall–Kier alpha value is -1.41. The SMILES string of the molecule is CCCC/C=C\CCCCCCCC(=O)O[C@H](COC(=O)CCCCCCCCCCCC)COP(=O)(O)OC1C(O)C(O)C(O)[C@@H](O)C1O. The highest BCUT2D eigenvalue weighted by molar-refractivity contribution is 7.47. The van der Waals surface area contributed by atoms with Crippen LogP contribution in [0, 0.1) is 0 Å². The second kappa shape index (κ2) is 28.1. The highest BCUT2D eigenvalue weighted by Crippen LogP contribution is 2.47. The van der Waals surface area contributed by atoms with Crippen LogP contribution in [0.1, 0.15) is 149 Å². The first-order chi connectivity index (χ1) is 23.9. The maximum atomic E-state index is 12.7. The number of phosphoric ester groups is 1. The van der Waals surface area contributed by atoms with Crippen molar-refractivity contribution in [1.29, 1.82) is 0 Å². The number of carbonyl (C=O) groups excluding carboxylic acids is 2. The molecule has 1 saturated carbocycles. The summed E-state index contributed by atoms with van der Waals surface area (Å²) < 4.78 is 33.2. The Kier molecular flexibility index (Phi) is 26.2. The minimum absolute atomic E-state index is 0.0891. The smallest absolute Gasteiger partial charge is 0.462 e. The number of hydrogen-bond acceptors (Lipinski definition) is 12. The molecule has 1 rings (SSSR count). The summed E-state index contributed by atoms with van der Waals surface area (Å²) in [6.07, 6.45) is 11.6. The van der Waals surface area contributed by atoms with Gasteiger partial charge in [0.2, 0.25) is 0 Å². The molecular weight excluding hydrogens is 671 g/mol. The molecule has 0 radical (unpaired) electrons. The van der Waals surface area contributed by atoms with Crippen LogP contribution in [0.25, 0.3) is 0 Å². The molecule has 0 aliphatic heterocycles. The summed E-state index contributed by atoms with van der Waals surface area (Å²) in [7, 11) is -5.10. The molecule has 0 saturated heterocycles. The minimum Gasteiger partial charge on any atom is -0.462 e. The van der Waals surface area contributed by atoms with Crippen molar-refractivity contribution in [2.24, 2.45) is 0 Å². The third-order valence-electron chi connectivity index (χ3n) is 8.86. The van der Waals surface area contributed by atoms with E-state index in [4.69, 9.17) is 18.5 Å². The number of aliphatic hydroxyl groups excluding tert-OH is 5. The summed E-state index contributed by atoms with van der Waals surface area (Å²) in [5, 5.41) is 49.8. The van der Waals surface area contributed by atoms with Crippen molar-refractivity contribution in [2.45, 2.75) is 191 Å². The third kappa shape index (κ3) is 21.2. The van der Waals surface area contributed by atoms with E-state index in [-0.39, 0.29) is 12.8 Å². The molecule has 8 atom stereocenters. The van der Waals surface area contributed by atoms with Gasteiger partial charge in [-0.15, -0.1) is 0 Å². The summed E-state index contributed by atoms with van der Waals surface area (Å²) in [6.45, 7) is 3.19. The average molecular weight is 739 g/mol. The lowest BCUT2D eigenvalue weighted by atomic mass is 9.85. The Balaban J connectivity index is 2.57. The van der Waals surface area contributed by atoms with Crippen molar-refractivity contribution >= 4 is 19.8 Å². The molecular formula is C36H67O13P. The van der Waals surface area contributed by atoms with E-state index < -0.39 is 75.7 Å². The molecule has 1 aliphatic rings. The first-order valence-electron chi connectivity index (χ1n) is 19.0. The maximum Gasteiger partial charge on any atom is 0.472 e. The van der Waals surface area contributed by atoms with Crippen LogP contribution >= 0.6 is 7.82 Å². The van der Waals surface area contributed by atoms with Crippen LogP contribution in [0.5, 0.6) is 0 Å². The number of hydrogen-bond donors (Lipinski definition) is 6. The highest BCUT2D eigenvalue weighted by atomic mass is 31.2. The molecule has 294 valence electrons. The molecule has 0 amide bonds. The van der Waals surface area contributed by atoms with Crippen LogP contribution in [-0.2, 0) is 32.7 Å². The Labute approximate surface area is 299 Å². The molecule has 0 aromatic rings. The summed E-state index contributed by atoms with van der Waals surface area (Å²) in [5.41, 5.74) is 0. The van der Waals surface area contributed by atoms with Gasteiger partial charge in [0, 0.05) is 12.8 Å². The normalized spacial score (nSPS) is 24.2. The number of aliphatic hydroxyl groups is 5. The number of rotatable bonds is 30. The number of ether oxygens (including phenoxy) is 2. The first kappa shape index (κ1) is 46.6. The van der Waals surface area contributed by atoms with Gasteiger partial charge in [-0.25, -0.2) is 4.57 Å². The lowest BCUT2D eigenvalue weighted by Crippen LogP contribution is -2.64. The minimum atomic E-state index is -5.10. The molecule has 0 aromatic heterocycles. The topological polar surface area (TPSA) is 210 Å². The molecule has 0 aromatic carbocycles. The van der Waals surface area contributed by atoms with Crippen molar-refractivity contribution in [3.63, 3.8) is 0 Å². The summed E-state index contributed by atoms with van der Waals surface area (Å²) in [5.74, 6) is -1.11. The van der Waals surface area contributed by atoms with E-state index in [9.17, 15) is 44.6 Å². The molecule has 6 N–H and O–H groups in total. The predicted octanol–water partition coefficient (Wildman–Crippen LogP) is 5.55. The second-order valence-corrected chi connectivity index (χ2v) is 14.8. The van der Waals surface area contributed by atoms with Crippen LogP contribution < -0.4 is 0 Å². The van der Waals surface area contributed by atoms with Crippen LogP contribution in [0.2, 0.25) is 0 Å². The van der Waals surface area contributed by atoms with E-state index in [1.807, 2.05) is 0 Å². The van der Waals surface area contributed by atoms with E-state index in [0.29, 0.717) is 12.8 Å². The Bertz CT molecular complexity index is 948. The van der Waals surface area contributed by atoms with E-state index in [1.54, 1.807) is 0 Å². The molecule has 6 unspecified atom stereocenters. The molecule has 0 spiro atoms. The van der Waals surface area contributed by atoms with Gasteiger partial charge in [0.15, 0.2) is 6.10 Å². The number of phosphoric acid groups is 1. The maximum absolute atomic E-state index is 12.7. The van der Waals surface area contributed by atoms with Gasteiger partial charge < -0.3 is 39.9 Å². The van der Waals surface area contributed by atoms with E-state index >= 15 is 0 Å². The zero-order valence-electron chi connectivity index (χ0n) is 30.4. The fourth-order valence-electron chi connectivity index (χ4n) is 5.68. The van der Waals surface area contributed by atoms with Crippen LogP contribution in [0.3, 0.4) is 0 Å². The van der Waals surface area contributed by atoms with Crippen LogP contribution in [0.4, 0.5) is 0 Å². The van der Waals surface area contributed by atoms with Crippen molar-refractivity contribution in [3.8, 4) is 0 Å². The monoisotopic (exact) mass is 738 g/mol. The molecule has 13 nitrogen and oxygen atoms in total. The van der Waals surface area contributed by atoms with Gasteiger partial charge in [-0.3, -0.25) is 18.6 Å². The average Bonchev–Trinajstić information content (AvgIpc) is 3.09. The highest BCUT2D eigenvalue weighted by Gasteiger charge is 2.51. The fourth-order valence-corrected chi connectivity index (χ4v) is 6.65. The van der Waals surface area contributed by atoms with E-state index in [2.05, 4.69) is 26.0 Å². The zero-order valence-corrected chi connectivity index (χ0v) is 31.3. The van der Waals surface area contributed by atoms with Crippen LogP contribution in [-0.4, -0.2) is 98.3 Å². The number of unbranched alkanes of at least 4 members (excludes halogenated alkanes) is 16. The zero-order chi connectivity index (χ0) is 37.2. The van der Waals surface area contributed by atoms with Gasteiger partial charge in [-0.1, -0.05) is 116 Å². The number of esters is 2. The van der Waals surface area contributed by atoms with Crippen molar-refractivity contribution in [2.75, 3.05) is 13.2 Å². The molecule has 1 fully saturated rings. The van der Waals surface area contributed by atoms with Crippen LogP contribution in [0.15, 0.2) is 12.2 Å². The predicted molar refractivity (Wildman–Crippen MR) is 189 cm³/mol. The molecule has 1 aliphatic carbocycles. The lowest BCUT2D eigenvalue weighted by molar-refractivity contribution is -0.220. The van der Waals surface area contributed by atoms with Gasteiger partial charge in [0.1, 0.15) is 43.2 Å². The standard InChI is InChI=1S/C36H67O13P/c1-3-5-7-9-11-13-15-17-19-21-23-25-30(38)48-28(26-46-29(37)24-22-20-18-16-14-12-10-8-6-4-2)27-47-50(44,45)49-36-34(42)32(40)31(39)33(41)35(36)43/h9,11,28,31-36,39-43H,3-8,10,12-27H2,1-2H3,(H,44,45)/b11-9-/t28-,31?,32-,33?,34?,35?,36?/m1/s1. The van der Waals surface area contributed by atoms with Gasteiger partial charge in [0.05, 0.1) is 6.61 Å². The van der Waals surface area contributed by atoms with Crippen molar-refractivity contribution in [1.82, 2.24) is 0 Å². The Morgan fingerprint density at radius 3 is 1.58 bits per heavy atom. The Morgan fingerprint density at radius 2 is 1.04 bits per heavy atom. The van der Waals surface area contributed by atoms with Gasteiger partial charge in [-0.05, 0) is 32.1 Å². The third-order valence-corrected chi connectivity index (χ3v) is 9.84. The van der Waals surface area contributed by atoms with Crippen molar-refractivity contribution < 1.29 is 63.1 Å². The first-order valence-corrected chi connectivity index (χ1v) is 20.5. The summed E-state index contributed by atoms with van der Waals surface area (Å²) in [4.78, 5) is 35.3. The molecule has 0 heterocycles.